The van der Waals surface area contributed by atoms with Crippen LogP contribution in [0.2, 0.25) is 0 Å². The largest absolute Gasteiger partial charge is 0.340 e. The van der Waals surface area contributed by atoms with Gasteiger partial charge in [0.2, 0.25) is 0 Å². The minimum absolute atomic E-state index is 0. The first-order chi connectivity index (χ1) is 11.7. The van der Waals surface area contributed by atoms with E-state index in [1.165, 1.54) is 6.42 Å². The molecule has 0 atom stereocenters. The summed E-state index contributed by atoms with van der Waals surface area (Å²) in [6.45, 7) is 4.02. The predicted octanol–water partition coefficient (Wildman–Crippen LogP) is 3.33. The maximum Gasteiger partial charge on any atom is 0.270 e. The van der Waals surface area contributed by atoms with Crippen LogP contribution in [0.5, 0.6) is 0 Å². The molecule has 0 saturated carbocycles. The molecular weight excluding hydrogens is 334 g/mol. The number of aromatic nitrogens is 1. The van der Waals surface area contributed by atoms with Crippen LogP contribution in [0.4, 0.5) is 0 Å². The summed E-state index contributed by atoms with van der Waals surface area (Å²) in [5, 5.41) is 3.48. The molecule has 3 heterocycles. The molecule has 2 aliphatic heterocycles. The van der Waals surface area contributed by atoms with Crippen LogP contribution in [-0.2, 0) is 7.05 Å². The zero-order valence-electron chi connectivity index (χ0n) is 14.7. The molecule has 4 nitrogen and oxygen atoms in total. The number of nitrogens with zero attached hydrogens (tertiary/aromatic N) is 2. The first-order valence-corrected chi connectivity index (χ1v) is 8.90. The van der Waals surface area contributed by atoms with Crippen LogP contribution in [0, 0.1) is 5.41 Å². The number of hydrogen-bond acceptors (Lipinski definition) is 2. The van der Waals surface area contributed by atoms with E-state index in [2.05, 4.69) is 23.5 Å². The molecule has 2 fully saturated rings. The standard InChI is InChI=1S/C20H25N3O.ClH/c1-22-17(16-5-3-2-4-6-16)7-8-18(22)19(24)23-13-10-20(11-14-23)9-12-21-15-20;/h2-8,21H,9-15H2,1H3;1H. The average molecular weight is 360 g/mol. The van der Waals surface area contributed by atoms with Crippen molar-refractivity contribution in [2.24, 2.45) is 12.5 Å². The molecule has 0 unspecified atom stereocenters. The Morgan fingerprint density at radius 1 is 1.04 bits per heavy atom. The highest BCUT2D eigenvalue weighted by atomic mass is 35.5. The fourth-order valence-corrected chi connectivity index (χ4v) is 4.19. The maximum absolute atomic E-state index is 13.0. The number of piperidine rings is 1. The Morgan fingerprint density at radius 2 is 1.76 bits per heavy atom. The van der Waals surface area contributed by atoms with Crippen molar-refractivity contribution in [1.82, 2.24) is 14.8 Å². The summed E-state index contributed by atoms with van der Waals surface area (Å²) >= 11 is 0. The smallest absolute Gasteiger partial charge is 0.270 e. The monoisotopic (exact) mass is 359 g/mol. The summed E-state index contributed by atoms with van der Waals surface area (Å²) in [5.41, 5.74) is 3.47. The second kappa shape index (κ2) is 7.22. The molecular formula is C20H26ClN3O. The van der Waals surface area contributed by atoms with E-state index in [1.54, 1.807) is 0 Å². The Balaban J connectivity index is 0.00000182. The van der Waals surface area contributed by atoms with E-state index in [1.807, 2.05) is 40.8 Å². The molecule has 1 aromatic heterocycles. The lowest BCUT2D eigenvalue weighted by molar-refractivity contribution is 0.0598. The van der Waals surface area contributed by atoms with Gasteiger partial charge in [0.1, 0.15) is 5.69 Å². The van der Waals surface area contributed by atoms with E-state index in [-0.39, 0.29) is 18.3 Å². The van der Waals surface area contributed by atoms with Crippen LogP contribution in [0.15, 0.2) is 42.5 Å². The molecule has 0 radical (unpaired) electrons. The minimum atomic E-state index is 0. The van der Waals surface area contributed by atoms with Gasteiger partial charge in [-0.1, -0.05) is 30.3 Å². The highest BCUT2D eigenvalue weighted by Crippen LogP contribution is 2.37. The zero-order chi connectivity index (χ0) is 16.6. The van der Waals surface area contributed by atoms with E-state index in [0.29, 0.717) is 5.41 Å². The third kappa shape index (κ3) is 3.33. The number of rotatable bonds is 2. The van der Waals surface area contributed by atoms with Crippen molar-refractivity contribution in [3.63, 3.8) is 0 Å². The van der Waals surface area contributed by atoms with E-state index >= 15 is 0 Å². The third-order valence-corrected chi connectivity index (χ3v) is 5.85. The van der Waals surface area contributed by atoms with Gasteiger partial charge in [-0.15, -0.1) is 12.4 Å². The fourth-order valence-electron chi connectivity index (χ4n) is 4.19. The molecule has 2 aromatic rings. The number of carbonyl (C=O) groups excluding carboxylic acids is 1. The lowest BCUT2D eigenvalue weighted by atomic mass is 9.78. The molecule has 2 aliphatic rings. The summed E-state index contributed by atoms with van der Waals surface area (Å²) in [7, 11) is 1.99. The van der Waals surface area contributed by atoms with Crippen molar-refractivity contribution in [2.75, 3.05) is 26.2 Å². The molecule has 25 heavy (non-hydrogen) atoms. The second-order valence-corrected chi connectivity index (χ2v) is 7.25. The van der Waals surface area contributed by atoms with E-state index < -0.39 is 0 Å². The van der Waals surface area contributed by atoms with Gasteiger partial charge >= 0.3 is 0 Å². The number of likely N-dealkylation sites (tertiary alicyclic amines) is 1. The van der Waals surface area contributed by atoms with Gasteiger partial charge in [0.15, 0.2) is 0 Å². The highest BCUT2D eigenvalue weighted by molar-refractivity contribution is 5.94. The SMILES string of the molecule is Cl.Cn1c(C(=O)N2CCC3(CCNC3)CC2)ccc1-c1ccccc1. The minimum Gasteiger partial charge on any atom is -0.340 e. The molecule has 4 rings (SSSR count). The van der Waals surface area contributed by atoms with E-state index in [4.69, 9.17) is 0 Å². The molecule has 134 valence electrons. The van der Waals surface area contributed by atoms with Crippen LogP contribution in [0.3, 0.4) is 0 Å². The lowest BCUT2D eigenvalue weighted by Crippen LogP contribution is -2.44. The number of halogens is 1. The van der Waals surface area contributed by atoms with Crippen molar-refractivity contribution < 1.29 is 4.79 Å². The first kappa shape index (κ1) is 18.0. The Labute approximate surface area is 155 Å². The van der Waals surface area contributed by atoms with Crippen molar-refractivity contribution >= 4 is 18.3 Å². The molecule has 1 spiro atoms. The molecule has 5 heteroatoms. The van der Waals surface area contributed by atoms with Crippen molar-refractivity contribution in [1.29, 1.82) is 0 Å². The molecule has 1 aromatic carbocycles. The number of amides is 1. The van der Waals surface area contributed by atoms with Gasteiger partial charge in [0.05, 0.1) is 0 Å². The molecule has 0 aliphatic carbocycles. The molecule has 1 amide bonds. The summed E-state index contributed by atoms with van der Waals surface area (Å²) in [4.78, 5) is 15.0. The van der Waals surface area contributed by atoms with Crippen LogP contribution in [-0.4, -0.2) is 41.6 Å². The van der Waals surface area contributed by atoms with Crippen molar-refractivity contribution in [3.8, 4) is 11.3 Å². The predicted molar refractivity (Wildman–Crippen MR) is 103 cm³/mol. The Hall–Kier alpha value is -1.78. The van der Waals surface area contributed by atoms with Gasteiger partial charge in [-0.2, -0.15) is 0 Å². The van der Waals surface area contributed by atoms with E-state index in [9.17, 15) is 4.79 Å². The van der Waals surface area contributed by atoms with Crippen LogP contribution in [0.25, 0.3) is 11.3 Å². The summed E-state index contributed by atoms with van der Waals surface area (Å²) in [6, 6.07) is 14.3. The van der Waals surface area contributed by atoms with Gasteiger partial charge < -0.3 is 14.8 Å². The van der Waals surface area contributed by atoms with Gasteiger partial charge in [-0.3, -0.25) is 4.79 Å². The lowest BCUT2D eigenvalue weighted by Gasteiger charge is -2.38. The fraction of sp³-hybridized carbons (Fsp3) is 0.450. The number of carbonyl (C=O) groups is 1. The van der Waals surface area contributed by atoms with Crippen LogP contribution < -0.4 is 5.32 Å². The summed E-state index contributed by atoms with van der Waals surface area (Å²) in [6.07, 6.45) is 3.51. The van der Waals surface area contributed by atoms with Crippen LogP contribution >= 0.6 is 12.4 Å². The third-order valence-electron chi connectivity index (χ3n) is 5.85. The normalized spacial score (nSPS) is 19.0. The zero-order valence-corrected chi connectivity index (χ0v) is 15.5. The Kier molecular flexibility index (Phi) is 5.21. The molecule has 0 bridgehead atoms. The van der Waals surface area contributed by atoms with Gasteiger partial charge in [-0.25, -0.2) is 0 Å². The number of hydrogen-bond donors (Lipinski definition) is 1. The molecule has 1 N–H and O–H groups in total. The quantitative estimate of drug-likeness (QED) is 0.893. The highest BCUT2D eigenvalue weighted by Gasteiger charge is 2.38. The van der Waals surface area contributed by atoms with Crippen molar-refractivity contribution in [2.45, 2.75) is 19.3 Å². The second-order valence-electron chi connectivity index (χ2n) is 7.25. The van der Waals surface area contributed by atoms with Crippen LogP contribution in [0.1, 0.15) is 29.8 Å². The van der Waals surface area contributed by atoms with E-state index in [0.717, 1.165) is 56.0 Å². The topological polar surface area (TPSA) is 37.3 Å². The first-order valence-electron chi connectivity index (χ1n) is 8.90. The number of nitrogens with one attached hydrogen (secondary N) is 1. The van der Waals surface area contributed by atoms with Gasteiger partial charge in [0.25, 0.3) is 5.91 Å². The number of benzene rings is 1. The average Bonchev–Trinajstić information content (AvgIpc) is 3.23. The molecule has 2 saturated heterocycles. The Morgan fingerprint density at radius 3 is 2.40 bits per heavy atom. The Bertz CT molecular complexity index is 725. The van der Waals surface area contributed by atoms with Gasteiger partial charge in [0, 0.05) is 32.4 Å². The summed E-state index contributed by atoms with van der Waals surface area (Å²) < 4.78 is 2.03. The summed E-state index contributed by atoms with van der Waals surface area (Å²) in [5.74, 6) is 0.167. The maximum atomic E-state index is 13.0. The van der Waals surface area contributed by atoms with Gasteiger partial charge in [-0.05, 0) is 48.9 Å². The van der Waals surface area contributed by atoms with Crippen molar-refractivity contribution in [3.05, 3.63) is 48.2 Å².